The maximum absolute atomic E-state index is 13.0. The van der Waals surface area contributed by atoms with Crippen molar-refractivity contribution in [1.82, 2.24) is 14.8 Å². The lowest BCUT2D eigenvalue weighted by Gasteiger charge is -2.29. The van der Waals surface area contributed by atoms with E-state index in [0.717, 1.165) is 0 Å². The van der Waals surface area contributed by atoms with Gasteiger partial charge in [-0.3, -0.25) is 14.4 Å². The molecule has 0 aliphatic carbocycles. The molecule has 154 valence electrons. The van der Waals surface area contributed by atoms with Crippen molar-refractivity contribution in [2.24, 2.45) is 0 Å². The number of aliphatic carboxylic acids is 1. The van der Waals surface area contributed by atoms with E-state index in [-0.39, 0.29) is 24.4 Å². The molecule has 1 N–H and O–H groups in total. The van der Waals surface area contributed by atoms with Gasteiger partial charge in [-0.15, -0.1) is 0 Å². The van der Waals surface area contributed by atoms with Crippen molar-refractivity contribution in [3.05, 3.63) is 41.8 Å². The molecule has 1 atom stereocenters. The lowest BCUT2D eigenvalue weighted by atomic mass is 10.1. The first kappa shape index (κ1) is 20.6. The van der Waals surface area contributed by atoms with Crippen LogP contribution < -0.4 is 0 Å². The van der Waals surface area contributed by atoms with E-state index in [1.807, 2.05) is 6.07 Å². The molecule has 2 amide bonds. The van der Waals surface area contributed by atoms with Crippen LogP contribution >= 0.6 is 0 Å². The number of carbonyl (C=O) groups excluding carboxylic acids is 2. The Hall–Kier alpha value is -3.16. The molecule has 1 unspecified atom stereocenters. The van der Waals surface area contributed by atoms with Gasteiger partial charge in [0.1, 0.15) is 12.2 Å². The number of hydrogen-bond donors (Lipinski definition) is 1. The van der Waals surface area contributed by atoms with E-state index >= 15 is 0 Å². The molecule has 0 bridgehead atoms. The number of carbonyl (C=O) groups is 3. The molecule has 3 heterocycles. The van der Waals surface area contributed by atoms with Gasteiger partial charge >= 0.3 is 5.97 Å². The fraction of sp³-hybridized carbons (Fsp3) is 0.429. The first-order valence-electron chi connectivity index (χ1n) is 9.66. The Morgan fingerprint density at radius 2 is 2.03 bits per heavy atom. The lowest BCUT2D eigenvalue weighted by molar-refractivity contribution is -0.145. The van der Waals surface area contributed by atoms with Crippen LogP contribution in [-0.2, 0) is 9.59 Å². The van der Waals surface area contributed by atoms with Crippen LogP contribution in [0.1, 0.15) is 42.2 Å². The molecule has 8 nitrogen and oxygen atoms in total. The Bertz CT molecular complexity index is 894. The first-order valence-corrected chi connectivity index (χ1v) is 9.66. The predicted molar refractivity (Wildman–Crippen MR) is 105 cm³/mol. The van der Waals surface area contributed by atoms with E-state index in [4.69, 9.17) is 9.52 Å². The zero-order valence-corrected chi connectivity index (χ0v) is 16.6. The fourth-order valence-electron chi connectivity index (χ4n) is 3.76. The number of amides is 2. The second kappa shape index (κ2) is 8.89. The number of carboxylic acids is 1. The molecule has 1 fully saturated rings. The van der Waals surface area contributed by atoms with E-state index in [9.17, 15) is 14.4 Å². The summed E-state index contributed by atoms with van der Waals surface area (Å²) in [5, 5.41) is 9.07. The fourth-order valence-corrected chi connectivity index (χ4v) is 3.76. The van der Waals surface area contributed by atoms with Crippen LogP contribution in [0.2, 0.25) is 0 Å². The van der Waals surface area contributed by atoms with E-state index in [2.05, 4.69) is 4.98 Å². The molecular formula is C21H25N3O5. The highest BCUT2D eigenvalue weighted by atomic mass is 16.4. The number of nitrogens with zero attached hydrogens (tertiary/aromatic N) is 3. The summed E-state index contributed by atoms with van der Waals surface area (Å²) >= 11 is 0. The molecule has 0 aromatic carbocycles. The number of carboxylic acid groups (broad SMARTS) is 1. The zero-order valence-electron chi connectivity index (χ0n) is 16.6. The average Bonchev–Trinajstić information content (AvgIpc) is 3.10. The number of furan rings is 1. The molecule has 29 heavy (non-hydrogen) atoms. The number of hydrogen-bond acceptors (Lipinski definition) is 5. The molecule has 2 aromatic rings. The van der Waals surface area contributed by atoms with Gasteiger partial charge in [0.2, 0.25) is 5.91 Å². The van der Waals surface area contributed by atoms with E-state index in [0.29, 0.717) is 55.1 Å². The lowest BCUT2D eigenvalue weighted by Crippen LogP contribution is -2.43. The van der Waals surface area contributed by atoms with Crippen molar-refractivity contribution in [3.8, 4) is 11.5 Å². The highest BCUT2D eigenvalue weighted by molar-refractivity contribution is 5.95. The first-order chi connectivity index (χ1) is 13.9. The molecule has 2 aromatic heterocycles. The van der Waals surface area contributed by atoms with Crippen LogP contribution in [0.15, 0.2) is 34.9 Å². The topological polar surface area (TPSA) is 104 Å². The molecule has 0 saturated carbocycles. The van der Waals surface area contributed by atoms with Gasteiger partial charge in [-0.25, -0.2) is 4.98 Å². The van der Waals surface area contributed by atoms with Gasteiger partial charge in [-0.1, -0.05) is 0 Å². The summed E-state index contributed by atoms with van der Waals surface area (Å²) < 4.78 is 5.36. The van der Waals surface area contributed by atoms with E-state index in [1.54, 1.807) is 36.3 Å². The molecule has 0 radical (unpaired) electrons. The summed E-state index contributed by atoms with van der Waals surface area (Å²) in [5.74, 6) is -0.747. The van der Waals surface area contributed by atoms with Crippen molar-refractivity contribution in [2.75, 3.05) is 19.6 Å². The minimum Gasteiger partial charge on any atom is -0.480 e. The third kappa shape index (κ3) is 4.82. The summed E-state index contributed by atoms with van der Waals surface area (Å²) in [6.45, 7) is 3.89. The molecule has 8 heteroatoms. The van der Waals surface area contributed by atoms with Gasteiger partial charge in [-0.2, -0.15) is 0 Å². The van der Waals surface area contributed by atoms with Crippen molar-refractivity contribution in [1.29, 1.82) is 0 Å². The second-order valence-corrected chi connectivity index (χ2v) is 7.22. The summed E-state index contributed by atoms with van der Waals surface area (Å²) in [4.78, 5) is 43.6. The van der Waals surface area contributed by atoms with Gasteiger partial charge in [-0.05, 0) is 50.5 Å². The van der Waals surface area contributed by atoms with Crippen LogP contribution in [-0.4, -0.2) is 63.4 Å². The largest absolute Gasteiger partial charge is 0.480 e. The average molecular weight is 399 g/mol. The molecule has 1 saturated heterocycles. The third-order valence-electron chi connectivity index (χ3n) is 5.23. The SMILES string of the molecule is CC(=O)N(CC(=O)O)C1CCCN(C(=O)c2ccc(-c3ccco3)nc2C)CC1. The highest BCUT2D eigenvalue weighted by Crippen LogP contribution is 2.22. The van der Waals surface area contributed by atoms with Crippen LogP contribution in [0.4, 0.5) is 0 Å². The molecule has 3 rings (SSSR count). The monoisotopic (exact) mass is 399 g/mol. The summed E-state index contributed by atoms with van der Waals surface area (Å²) in [6, 6.07) is 6.95. The summed E-state index contributed by atoms with van der Waals surface area (Å²) in [5.41, 5.74) is 1.83. The van der Waals surface area contributed by atoms with Crippen molar-refractivity contribution >= 4 is 17.8 Å². The number of pyridine rings is 1. The Balaban J connectivity index is 1.71. The van der Waals surface area contributed by atoms with Crippen molar-refractivity contribution < 1.29 is 23.9 Å². The summed E-state index contributed by atoms with van der Waals surface area (Å²) in [7, 11) is 0. The van der Waals surface area contributed by atoms with Crippen LogP contribution in [0, 0.1) is 6.92 Å². The molecular weight excluding hydrogens is 374 g/mol. The standard InChI is InChI=1S/C21H25N3O5/c1-14-17(7-8-18(22-14)19-6-4-12-29-19)21(28)23-10-3-5-16(9-11-23)24(15(2)25)13-20(26)27/h4,6-8,12,16H,3,5,9-11,13H2,1-2H3,(H,26,27). The Morgan fingerprint density at radius 1 is 1.24 bits per heavy atom. The zero-order chi connectivity index (χ0) is 21.0. The van der Waals surface area contributed by atoms with Crippen LogP contribution in [0.5, 0.6) is 0 Å². The van der Waals surface area contributed by atoms with E-state index in [1.165, 1.54) is 11.8 Å². The van der Waals surface area contributed by atoms with Gasteiger partial charge in [0.15, 0.2) is 5.76 Å². The maximum Gasteiger partial charge on any atom is 0.323 e. The minimum absolute atomic E-state index is 0.103. The van der Waals surface area contributed by atoms with Gasteiger partial charge in [0.05, 0.1) is 17.5 Å². The van der Waals surface area contributed by atoms with Crippen LogP contribution in [0.25, 0.3) is 11.5 Å². The minimum atomic E-state index is -1.03. The van der Waals surface area contributed by atoms with Crippen molar-refractivity contribution in [2.45, 2.75) is 39.2 Å². The number of likely N-dealkylation sites (tertiary alicyclic amines) is 1. The van der Waals surface area contributed by atoms with Crippen LogP contribution in [0.3, 0.4) is 0 Å². The maximum atomic E-state index is 13.0. The Morgan fingerprint density at radius 3 is 2.66 bits per heavy atom. The number of aryl methyl sites for hydroxylation is 1. The van der Waals surface area contributed by atoms with E-state index < -0.39 is 5.97 Å². The number of rotatable bonds is 5. The molecule has 0 spiro atoms. The van der Waals surface area contributed by atoms with Crippen molar-refractivity contribution in [3.63, 3.8) is 0 Å². The summed E-state index contributed by atoms with van der Waals surface area (Å²) in [6.07, 6.45) is 3.51. The normalized spacial score (nSPS) is 16.9. The van der Waals surface area contributed by atoms with Gasteiger partial charge < -0.3 is 19.3 Å². The molecule has 1 aliphatic rings. The predicted octanol–water partition coefficient (Wildman–Crippen LogP) is 2.58. The third-order valence-corrected chi connectivity index (χ3v) is 5.23. The molecule has 1 aliphatic heterocycles. The smallest absolute Gasteiger partial charge is 0.323 e. The highest BCUT2D eigenvalue weighted by Gasteiger charge is 2.28. The second-order valence-electron chi connectivity index (χ2n) is 7.22. The quantitative estimate of drug-likeness (QED) is 0.829. The van der Waals surface area contributed by atoms with Gasteiger partial charge in [0.25, 0.3) is 5.91 Å². The van der Waals surface area contributed by atoms with Gasteiger partial charge in [0, 0.05) is 26.1 Å². The Kier molecular flexibility index (Phi) is 6.31. The number of aromatic nitrogens is 1. The Labute approximate surface area is 169 Å².